The van der Waals surface area contributed by atoms with Crippen molar-refractivity contribution in [1.82, 2.24) is 10.6 Å². The normalized spacial score (nSPS) is 12.2. The van der Waals surface area contributed by atoms with Crippen molar-refractivity contribution < 1.29 is 9.53 Å². The van der Waals surface area contributed by atoms with Crippen LogP contribution in [0, 0.1) is 6.92 Å². The number of methoxy groups -OCH3 is 1. The van der Waals surface area contributed by atoms with Crippen LogP contribution in [0.5, 0.6) is 0 Å². The van der Waals surface area contributed by atoms with Gasteiger partial charge in [-0.2, -0.15) is 0 Å². The molecule has 0 spiro atoms. The smallest absolute Gasteiger partial charge is 0.233 e. The van der Waals surface area contributed by atoms with Gasteiger partial charge >= 0.3 is 0 Å². The number of carbonyl (C=O) groups is 1. The van der Waals surface area contributed by atoms with Crippen LogP contribution in [0.2, 0.25) is 0 Å². The number of amides is 1. The Labute approximate surface area is 115 Å². The lowest BCUT2D eigenvalue weighted by atomic mass is 10.1. The molecule has 0 aliphatic carbocycles. The van der Waals surface area contributed by atoms with Gasteiger partial charge in [-0.25, -0.2) is 0 Å². The van der Waals surface area contributed by atoms with E-state index in [1.54, 1.807) is 7.11 Å². The van der Waals surface area contributed by atoms with E-state index in [2.05, 4.69) is 48.7 Å². The van der Waals surface area contributed by atoms with Crippen molar-refractivity contribution in [3.8, 4) is 0 Å². The maximum Gasteiger partial charge on any atom is 0.233 e. The van der Waals surface area contributed by atoms with E-state index in [0.29, 0.717) is 19.7 Å². The number of rotatable bonds is 8. The Morgan fingerprint density at radius 1 is 1.32 bits per heavy atom. The van der Waals surface area contributed by atoms with Crippen molar-refractivity contribution >= 4 is 5.91 Å². The Hall–Kier alpha value is -1.39. The average Bonchev–Trinajstić information content (AvgIpc) is 2.42. The first-order valence-electron chi connectivity index (χ1n) is 6.69. The molecule has 19 heavy (non-hydrogen) atoms. The molecular weight excluding hydrogens is 240 g/mol. The predicted molar refractivity (Wildman–Crippen MR) is 77.1 cm³/mol. The van der Waals surface area contributed by atoms with Gasteiger partial charge in [-0.15, -0.1) is 0 Å². The molecule has 1 aromatic rings. The summed E-state index contributed by atoms with van der Waals surface area (Å²) in [6.07, 6.45) is 0.843. The van der Waals surface area contributed by atoms with Crippen LogP contribution < -0.4 is 10.6 Å². The van der Waals surface area contributed by atoms with Gasteiger partial charge in [0, 0.05) is 26.3 Å². The van der Waals surface area contributed by atoms with Gasteiger partial charge in [0.1, 0.15) is 0 Å². The summed E-state index contributed by atoms with van der Waals surface area (Å²) >= 11 is 0. The molecule has 2 N–H and O–H groups in total. The Balaban J connectivity index is 2.24. The zero-order valence-corrected chi connectivity index (χ0v) is 12.0. The zero-order valence-electron chi connectivity index (χ0n) is 12.0. The van der Waals surface area contributed by atoms with Crippen LogP contribution in [0.4, 0.5) is 0 Å². The summed E-state index contributed by atoms with van der Waals surface area (Å²) in [5, 5.41) is 6.07. The Kier molecular flexibility index (Phi) is 7.15. The fraction of sp³-hybridized carbons (Fsp3) is 0.533. The summed E-state index contributed by atoms with van der Waals surface area (Å²) in [5.41, 5.74) is 2.43. The molecule has 1 rings (SSSR count). The minimum atomic E-state index is 0.0232. The largest absolute Gasteiger partial charge is 0.385 e. The van der Waals surface area contributed by atoms with Crippen LogP contribution in [0.25, 0.3) is 0 Å². The van der Waals surface area contributed by atoms with E-state index in [4.69, 9.17) is 4.74 Å². The van der Waals surface area contributed by atoms with Crippen LogP contribution in [0.15, 0.2) is 24.3 Å². The van der Waals surface area contributed by atoms with Gasteiger partial charge in [-0.05, 0) is 25.8 Å². The molecule has 0 bridgehead atoms. The van der Waals surface area contributed by atoms with Gasteiger partial charge in [0.05, 0.1) is 6.54 Å². The third-order valence-electron chi connectivity index (χ3n) is 2.99. The van der Waals surface area contributed by atoms with Crippen molar-refractivity contribution in [3.63, 3.8) is 0 Å². The van der Waals surface area contributed by atoms with Gasteiger partial charge in [-0.1, -0.05) is 29.8 Å². The van der Waals surface area contributed by atoms with Crippen molar-refractivity contribution in [2.24, 2.45) is 0 Å². The highest BCUT2D eigenvalue weighted by molar-refractivity contribution is 5.77. The predicted octanol–water partition coefficient (Wildman–Crippen LogP) is 1.80. The molecule has 0 aliphatic heterocycles. The van der Waals surface area contributed by atoms with E-state index in [9.17, 15) is 4.79 Å². The second-order valence-corrected chi connectivity index (χ2v) is 4.71. The Morgan fingerprint density at radius 3 is 2.63 bits per heavy atom. The number of hydrogen-bond donors (Lipinski definition) is 2. The Morgan fingerprint density at radius 2 is 2.00 bits per heavy atom. The number of benzene rings is 1. The minimum absolute atomic E-state index is 0.0232. The van der Waals surface area contributed by atoms with Gasteiger partial charge < -0.3 is 15.4 Å². The number of hydrogen-bond acceptors (Lipinski definition) is 3. The molecule has 106 valence electrons. The molecule has 4 heteroatoms. The summed E-state index contributed by atoms with van der Waals surface area (Å²) in [7, 11) is 1.66. The first kappa shape index (κ1) is 15.7. The molecular formula is C15H24N2O2. The summed E-state index contributed by atoms with van der Waals surface area (Å²) in [4.78, 5) is 11.6. The lowest BCUT2D eigenvalue weighted by Gasteiger charge is -2.14. The molecule has 0 unspecified atom stereocenters. The van der Waals surface area contributed by atoms with E-state index >= 15 is 0 Å². The van der Waals surface area contributed by atoms with Crippen LogP contribution in [-0.4, -0.2) is 32.7 Å². The molecule has 0 aromatic heterocycles. The van der Waals surface area contributed by atoms with Gasteiger partial charge in [-0.3, -0.25) is 4.79 Å². The van der Waals surface area contributed by atoms with Crippen LogP contribution >= 0.6 is 0 Å². The first-order chi connectivity index (χ1) is 9.13. The van der Waals surface area contributed by atoms with Gasteiger partial charge in [0.2, 0.25) is 5.91 Å². The summed E-state index contributed by atoms with van der Waals surface area (Å²) in [6, 6.07) is 8.51. The fourth-order valence-corrected chi connectivity index (χ4v) is 1.73. The van der Waals surface area contributed by atoms with Crippen molar-refractivity contribution in [2.45, 2.75) is 26.3 Å². The van der Waals surface area contributed by atoms with Gasteiger partial charge in [0.15, 0.2) is 0 Å². The second kappa shape index (κ2) is 8.67. The molecule has 0 saturated carbocycles. The fourth-order valence-electron chi connectivity index (χ4n) is 1.73. The maximum absolute atomic E-state index is 11.6. The zero-order chi connectivity index (χ0) is 14.1. The molecule has 0 aliphatic rings. The first-order valence-corrected chi connectivity index (χ1v) is 6.69. The molecule has 0 radical (unpaired) electrons. The molecule has 4 nitrogen and oxygen atoms in total. The summed E-state index contributed by atoms with van der Waals surface area (Å²) in [5.74, 6) is 0.0232. The SMILES string of the molecule is COCCCNC(=O)CN[C@@H](C)c1ccc(C)cc1. The van der Waals surface area contributed by atoms with Crippen LogP contribution in [-0.2, 0) is 9.53 Å². The monoisotopic (exact) mass is 264 g/mol. The van der Waals surface area contributed by atoms with Crippen molar-refractivity contribution in [2.75, 3.05) is 26.8 Å². The van der Waals surface area contributed by atoms with E-state index < -0.39 is 0 Å². The summed E-state index contributed by atoms with van der Waals surface area (Å²) < 4.78 is 4.92. The molecule has 0 fully saturated rings. The highest BCUT2D eigenvalue weighted by Crippen LogP contribution is 2.12. The minimum Gasteiger partial charge on any atom is -0.385 e. The average molecular weight is 264 g/mol. The number of nitrogens with one attached hydrogen (secondary N) is 2. The number of ether oxygens (including phenoxy) is 1. The molecule has 0 saturated heterocycles. The third kappa shape index (κ3) is 6.36. The number of aryl methyl sites for hydroxylation is 1. The second-order valence-electron chi connectivity index (χ2n) is 4.71. The van der Waals surface area contributed by atoms with E-state index in [0.717, 1.165) is 6.42 Å². The van der Waals surface area contributed by atoms with E-state index in [-0.39, 0.29) is 11.9 Å². The molecule has 1 aromatic carbocycles. The highest BCUT2D eigenvalue weighted by Gasteiger charge is 2.06. The molecule has 0 heterocycles. The molecule has 1 amide bonds. The topological polar surface area (TPSA) is 50.4 Å². The standard InChI is InChI=1S/C15H24N2O2/c1-12-5-7-14(8-6-12)13(2)17-11-15(18)16-9-4-10-19-3/h5-8,13,17H,4,9-11H2,1-3H3,(H,16,18)/t13-/m0/s1. The van der Waals surface area contributed by atoms with Crippen LogP contribution in [0.1, 0.15) is 30.5 Å². The van der Waals surface area contributed by atoms with Gasteiger partial charge in [0.25, 0.3) is 0 Å². The highest BCUT2D eigenvalue weighted by atomic mass is 16.5. The quantitative estimate of drug-likeness (QED) is 0.704. The third-order valence-corrected chi connectivity index (χ3v) is 2.99. The maximum atomic E-state index is 11.6. The van der Waals surface area contributed by atoms with E-state index in [1.807, 2.05) is 0 Å². The number of carbonyl (C=O) groups excluding carboxylic acids is 1. The lowest BCUT2D eigenvalue weighted by molar-refractivity contribution is -0.120. The van der Waals surface area contributed by atoms with Crippen molar-refractivity contribution in [3.05, 3.63) is 35.4 Å². The van der Waals surface area contributed by atoms with Crippen molar-refractivity contribution in [1.29, 1.82) is 0 Å². The van der Waals surface area contributed by atoms with E-state index in [1.165, 1.54) is 11.1 Å². The molecule has 1 atom stereocenters. The summed E-state index contributed by atoms with van der Waals surface area (Å²) in [6.45, 7) is 5.79. The Bertz CT molecular complexity index is 376. The lowest BCUT2D eigenvalue weighted by Crippen LogP contribution is -2.35. The van der Waals surface area contributed by atoms with Crippen LogP contribution in [0.3, 0.4) is 0 Å².